The molecule has 0 bridgehead atoms. The number of aromatic amines is 1. The minimum atomic E-state index is -0.390. The summed E-state index contributed by atoms with van der Waals surface area (Å²) in [6, 6.07) is 1.97. The molecule has 8 heteroatoms. The van der Waals surface area contributed by atoms with Crippen molar-refractivity contribution in [3.8, 4) is 0 Å². The molecule has 3 heterocycles. The molecule has 24 heavy (non-hydrogen) atoms. The van der Waals surface area contributed by atoms with Crippen molar-refractivity contribution in [1.82, 2.24) is 20.3 Å². The zero-order chi connectivity index (χ0) is 16.8. The van der Waals surface area contributed by atoms with E-state index in [1.807, 2.05) is 12.3 Å². The van der Waals surface area contributed by atoms with Crippen LogP contribution in [0.5, 0.6) is 0 Å². The third kappa shape index (κ3) is 3.94. The van der Waals surface area contributed by atoms with Gasteiger partial charge in [-0.3, -0.25) is 0 Å². The van der Waals surface area contributed by atoms with Crippen LogP contribution in [0.2, 0.25) is 0 Å². The lowest BCUT2D eigenvalue weighted by Crippen LogP contribution is -2.48. The first-order chi connectivity index (χ1) is 11.8. The van der Waals surface area contributed by atoms with Crippen molar-refractivity contribution in [3.05, 3.63) is 18.6 Å². The van der Waals surface area contributed by atoms with Crippen molar-refractivity contribution < 1.29 is 14.3 Å². The number of nitrogens with zero attached hydrogens (tertiary/aromatic N) is 3. The Bertz CT molecular complexity index is 675. The van der Waals surface area contributed by atoms with Gasteiger partial charge in [0, 0.05) is 25.8 Å². The summed E-state index contributed by atoms with van der Waals surface area (Å²) in [5, 5.41) is 3.75. The molecule has 2 N–H and O–H groups in total. The Morgan fingerprint density at radius 1 is 1.54 bits per heavy atom. The number of nitrogens with one attached hydrogen (secondary N) is 2. The Kier molecular flexibility index (Phi) is 5.47. The summed E-state index contributed by atoms with van der Waals surface area (Å²) in [6.07, 6.45) is 4.80. The molecule has 1 aliphatic rings. The maximum Gasteiger partial charge on any atom is 0.407 e. The molecule has 1 aliphatic heterocycles. The standard InChI is InChI=1S/C16H23N5O3/c1-2-3-7-24-16(22)18-9-12-10-21(6-8-23-12)15-13-4-5-17-14(13)19-11-20-15/h4-5,11-12H,2-3,6-10H2,1H3,(H,18,22)(H,17,19,20). The number of fused-ring (bicyclic) bond motifs is 1. The number of aromatic nitrogens is 3. The molecule has 0 aliphatic carbocycles. The molecule has 1 saturated heterocycles. The van der Waals surface area contributed by atoms with Crippen molar-refractivity contribution in [2.24, 2.45) is 0 Å². The molecule has 2 aromatic heterocycles. The first kappa shape index (κ1) is 16.5. The molecule has 0 radical (unpaired) electrons. The van der Waals surface area contributed by atoms with Gasteiger partial charge in [0.05, 0.1) is 24.7 Å². The summed E-state index contributed by atoms with van der Waals surface area (Å²) < 4.78 is 10.8. The summed E-state index contributed by atoms with van der Waals surface area (Å²) >= 11 is 0. The Labute approximate surface area is 140 Å². The van der Waals surface area contributed by atoms with E-state index in [1.54, 1.807) is 6.33 Å². The molecule has 1 fully saturated rings. The molecular weight excluding hydrogens is 310 g/mol. The molecule has 0 spiro atoms. The molecule has 1 unspecified atom stereocenters. The molecule has 3 rings (SSSR count). The topological polar surface area (TPSA) is 92.4 Å². The Morgan fingerprint density at radius 2 is 2.46 bits per heavy atom. The number of carbonyl (C=O) groups is 1. The second kappa shape index (κ2) is 7.96. The van der Waals surface area contributed by atoms with E-state index in [0.29, 0.717) is 26.3 Å². The van der Waals surface area contributed by atoms with Gasteiger partial charge in [-0.25, -0.2) is 14.8 Å². The summed E-state index contributed by atoms with van der Waals surface area (Å²) in [6.45, 7) is 4.93. The number of hydrogen-bond donors (Lipinski definition) is 2. The van der Waals surface area contributed by atoms with E-state index in [9.17, 15) is 4.79 Å². The number of amides is 1. The van der Waals surface area contributed by atoms with E-state index in [2.05, 4.69) is 32.1 Å². The molecule has 1 amide bonds. The second-order valence-electron chi connectivity index (χ2n) is 5.75. The predicted octanol–water partition coefficient (Wildman–Crippen LogP) is 1.69. The Hall–Kier alpha value is -2.35. The maximum absolute atomic E-state index is 11.6. The lowest BCUT2D eigenvalue weighted by molar-refractivity contribution is 0.0394. The Balaban J connectivity index is 1.55. The third-order valence-corrected chi connectivity index (χ3v) is 3.98. The number of carbonyl (C=O) groups excluding carboxylic acids is 1. The van der Waals surface area contributed by atoms with Gasteiger partial charge in [0.25, 0.3) is 0 Å². The van der Waals surface area contributed by atoms with Gasteiger partial charge in [-0.05, 0) is 12.5 Å². The fourth-order valence-corrected chi connectivity index (χ4v) is 2.70. The van der Waals surface area contributed by atoms with Crippen LogP contribution in [0.4, 0.5) is 10.6 Å². The molecule has 130 valence electrons. The molecule has 0 saturated carbocycles. The second-order valence-corrected chi connectivity index (χ2v) is 5.75. The van der Waals surface area contributed by atoms with Crippen molar-refractivity contribution in [2.45, 2.75) is 25.9 Å². The summed E-state index contributed by atoms with van der Waals surface area (Å²) in [5.74, 6) is 0.889. The SMILES string of the molecule is CCCCOC(=O)NCC1CN(c2ncnc3[nH]ccc23)CCO1. The largest absolute Gasteiger partial charge is 0.450 e. The van der Waals surface area contributed by atoms with Crippen LogP contribution in [0, 0.1) is 0 Å². The van der Waals surface area contributed by atoms with Gasteiger partial charge in [-0.2, -0.15) is 0 Å². The van der Waals surface area contributed by atoms with Gasteiger partial charge >= 0.3 is 6.09 Å². The highest BCUT2D eigenvalue weighted by molar-refractivity contribution is 5.87. The van der Waals surface area contributed by atoms with Crippen LogP contribution in [0.15, 0.2) is 18.6 Å². The van der Waals surface area contributed by atoms with Gasteiger partial charge < -0.3 is 24.7 Å². The van der Waals surface area contributed by atoms with Crippen molar-refractivity contribution >= 4 is 22.9 Å². The van der Waals surface area contributed by atoms with E-state index in [-0.39, 0.29) is 12.2 Å². The van der Waals surface area contributed by atoms with Crippen LogP contribution in [0.1, 0.15) is 19.8 Å². The number of rotatable bonds is 6. The van der Waals surface area contributed by atoms with Gasteiger partial charge in [0.2, 0.25) is 0 Å². The molecule has 2 aromatic rings. The monoisotopic (exact) mass is 333 g/mol. The highest BCUT2D eigenvalue weighted by Crippen LogP contribution is 2.23. The molecule has 1 atom stereocenters. The van der Waals surface area contributed by atoms with E-state index in [0.717, 1.165) is 36.2 Å². The van der Waals surface area contributed by atoms with Crippen LogP contribution in [0.25, 0.3) is 11.0 Å². The van der Waals surface area contributed by atoms with Gasteiger partial charge in [-0.15, -0.1) is 0 Å². The fourth-order valence-electron chi connectivity index (χ4n) is 2.70. The number of H-pyrrole nitrogens is 1. The third-order valence-electron chi connectivity index (χ3n) is 3.98. The summed E-state index contributed by atoms with van der Waals surface area (Å²) in [7, 11) is 0. The van der Waals surface area contributed by atoms with Crippen LogP contribution in [-0.2, 0) is 9.47 Å². The van der Waals surface area contributed by atoms with Crippen molar-refractivity contribution in [3.63, 3.8) is 0 Å². The van der Waals surface area contributed by atoms with E-state index in [4.69, 9.17) is 9.47 Å². The van der Waals surface area contributed by atoms with Crippen LogP contribution >= 0.6 is 0 Å². The molecule has 8 nitrogen and oxygen atoms in total. The minimum Gasteiger partial charge on any atom is -0.450 e. The van der Waals surface area contributed by atoms with Crippen LogP contribution in [0.3, 0.4) is 0 Å². The number of anilines is 1. The van der Waals surface area contributed by atoms with Gasteiger partial charge in [0.15, 0.2) is 0 Å². The Morgan fingerprint density at radius 3 is 3.33 bits per heavy atom. The van der Waals surface area contributed by atoms with Crippen molar-refractivity contribution in [1.29, 1.82) is 0 Å². The van der Waals surface area contributed by atoms with Gasteiger partial charge in [-0.1, -0.05) is 13.3 Å². The zero-order valence-electron chi connectivity index (χ0n) is 13.8. The quantitative estimate of drug-likeness (QED) is 0.782. The van der Waals surface area contributed by atoms with Crippen LogP contribution < -0.4 is 10.2 Å². The average Bonchev–Trinajstić information content (AvgIpc) is 3.09. The average molecular weight is 333 g/mol. The molecule has 0 aromatic carbocycles. The number of unbranched alkanes of at least 4 members (excludes halogenated alkanes) is 1. The van der Waals surface area contributed by atoms with E-state index < -0.39 is 0 Å². The lowest BCUT2D eigenvalue weighted by Gasteiger charge is -2.33. The van der Waals surface area contributed by atoms with Crippen molar-refractivity contribution in [2.75, 3.05) is 37.7 Å². The zero-order valence-corrected chi connectivity index (χ0v) is 13.8. The molecular formula is C16H23N5O3. The number of morpholine rings is 1. The van der Waals surface area contributed by atoms with E-state index in [1.165, 1.54) is 0 Å². The minimum absolute atomic E-state index is 0.0959. The summed E-state index contributed by atoms with van der Waals surface area (Å²) in [4.78, 5) is 25.5. The number of alkyl carbamates (subject to hydrolysis) is 1. The first-order valence-corrected chi connectivity index (χ1v) is 8.33. The van der Waals surface area contributed by atoms with E-state index >= 15 is 0 Å². The highest BCUT2D eigenvalue weighted by atomic mass is 16.5. The number of hydrogen-bond acceptors (Lipinski definition) is 6. The predicted molar refractivity (Wildman–Crippen MR) is 90.1 cm³/mol. The van der Waals surface area contributed by atoms with Gasteiger partial charge in [0.1, 0.15) is 17.8 Å². The lowest BCUT2D eigenvalue weighted by atomic mass is 10.2. The van der Waals surface area contributed by atoms with Crippen LogP contribution in [-0.4, -0.2) is 60.0 Å². The smallest absolute Gasteiger partial charge is 0.407 e. The fraction of sp³-hybridized carbons (Fsp3) is 0.562. The first-order valence-electron chi connectivity index (χ1n) is 8.33. The highest BCUT2D eigenvalue weighted by Gasteiger charge is 2.23. The normalized spacial score (nSPS) is 17.9. The summed E-state index contributed by atoms with van der Waals surface area (Å²) in [5.41, 5.74) is 0.820. The number of ether oxygens (including phenoxy) is 2. The maximum atomic E-state index is 11.6.